The number of hydrogen-bond donors (Lipinski definition) is 1. The monoisotopic (exact) mass is 275 g/mol. The van der Waals surface area contributed by atoms with Crippen LogP contribution in [0.25, 0.3) is 5.65 Å². The molecule has 2 heterocycles. The van der Waals surface area contributed by atoms with Crippen LogP contribution in [0.5, 0.6) is 0 Å². The number of halogens is 1. The molecular weight excluding hydrogens is 269 g/mol. The first-order valence-electron chi connectivity index (χ1n) is 3.41. The number of nitrogens with one attached hydrogen (secondary N) is 1. The van der Waals surface area contributed by atoms with Crippen molar-refractivity contribution in [1.82, 2.24) is 14.4 Å². The highest BCUT2D eigenvalue weighted by molar-refractivity contribution is 14.1. The summed E-state index contributed by atoms with van der Waals surface area (Å²) < 4.78 is 2.38. The maximum Gasteiger partial charge on any atom is 0.332 e. The summed E-state index contributed by atoms with van der Waals surface area (Å²) in [5, 5.41) is 0. The molecule has 2 aromatic rings. The van der Waals surface area contributed by atoms with Crippen molar-refractivity contribution in [3.05, 3.63) is 32.1 Å². The maximum absolute atomic E-state index is 11.3. The van der Waals surface area contributed by atoms with Gasteiger partial charge in [-0.2, -0.15) is 0 Å². The maximum atomic E-state index is 11.3. The van der Waals surface area contributed by atoms with Crippen molar-refractivity contribution in [3.63, 3.8) is 0 Å². The molecule has 4 nitrogen and oxygen atoms in total. The molecule has 0 atom stereocenters. The number of H-pyrrole nitrogens is 1. The minimum Gasteiger partial charge on any atom is -0.313 e. The molecule has 5 heteroatoms. The first-order chi connectivity index (χ1) is 5.70. The standard InChI is InChI=1S/C7H6IN3O/c1-4-2-10-7(12)11-5(8)3-9-6(4)11/h2-3H,1H3,(H,10,12). The van der Waals surface area contributed by atoms with Gasteiger partial charge in [-0.1, -0.05) is 0 Å². The van der Waals surface area contributed by atoms with Gasteiger partial charge < -0.3 is 4.98 Å². The molecule has 2 rings (SSSR count). The Balaban J connectivity index is 3.09. The van der Waals surface area contributed by atoms with Gasteiger partial charge in [0.05, 0.1) is 6.20 Å². The third-order valence-corrected chi connectivity index (χ3v) is 2.45. The molecule has 0 aliphatic rings. The van der Waals surface area contributed by atoms with Gasteiger partial charge in [0.15, 0.2) is 0 Å². The topological polar surface area (TPSA) is 50.2 Å². The normalized spacial score (nSPS) is 10.8. The Morgan fingerprint density at radius 1 is 1.67 bits per heavy atom. The van der Waals surface area contributed by atoms with Crippen molar-refractivity contribution >= 4 is 28.2 Å². The Morgan fingerprint density at radius 3 is 3.08 bits per heavy atom. The van der Waals surface area contributed by atoms with Crippen LogP contribution < -0.4 is 5.69 Å². The summed E-state index contributed by atoms with van der Waals surface area (Å²) in [4.78, 5) is 18.0. The van der Waals surface area contributed by atoms with Gasteiger partial charge in [0.25, 0.3) is 0 Å². The number of fused-ring (bicyclic) bond motifs is 1. The van der Waals surface area contributed by atoms with Crippen LogP contribution in [-0.4, -0.2) is 14.4 Å². The molecule has 0 bridgehead atoms. The molecule has 0 spiro atoms. The minimum atomic E-state index is -0.141. The van der Waals surface area contributed by atoms with Crippen LogP contribution in [0.3, 0.4) is 0 Å². The largest absolute Gasteiger partial charge is 0.332 e. The summed E-state index contributed by atoms with van der Waals surface area (Å²) in [6.45, 7) is 1.91. The predicted molar refractivity (Wildman–Crippen MR) is 53.3 cm³/mol. The highest BCUT2D eigenvalue weighted by Crippen LogP contribution is 2.08. The van der Waals surface area contributed by atoms with Crippen LogP contribution in [0.1, 0.15) is 5.56 Å². The van der Waals surface area contributed by atoms with Crippen LogP contribution in [-0.2, 0) is 0 Å². The van der Waals surface area contributed by atoms with E-state index in [1.165, 1.54) is 0 Å². The predicted octanol–water partition coefficient (Wildman–Crippen LogP) is 0.936. The Bertz CT molecular complexity index is 485. The third kappa shape index (κ3) is 0.961. The lowest BCUT2D eigenvalue weighted by atomic mass is 10.4. The molecule has 1 N–H and O–H groups in total. The summed E-state index contributed by atoms with van der Waals surface area (Å²) in [7, 11) is 0. The molecule has 0 aliphatic carbocycles. The molecule has 0 saturated heterocycles. The number of aromatic amines is 1. The van der Waals surface area contributed by atoms with Crippen molar-refractivity contribution in [2.75, 3.05) is 0 Å². The molecule has 2 aromatic heterocycles. The molecule has 0 fully saturated rings. The van der Waals surface area contributed by atoms with E-state index in [-0.39, 0.29) is 5.69 Å². The Kier molecular flexibility index (Phi) is 1.67. The number of imidazole rings is 1. The van der Waals surface area contributed by atoms with Crippen LogP contribution in [0, 0.1) is 10.6 Å². The smallest absolute Gasteiger partial charge is 0.313 e. The zero-order valence-electron chi connectivity index (χ0n) is 6.34. The lowest BCUT2D eigenvalue weighted by molar-refractivity contribution is 0.970. The average Bonchev–Trinajstić information content (AvgIpc) is 2.42. The Labute approximate surface area is 81.8 Å². The van der Waals surface area contributed by atoms with Gasteiger partial charge in [-0.05, 0) is 29.5 Å². The second-order valence-electron chi connectivity index (χ2n) is 2.52. The number of aromatic nitrogens is 3. The van der Waals surface area contributed by atoms with Crippen LogP contribution in [0.4, 0.5) is 0 Å². The van der Waals surface area contributed by atoms with Crippen molar-refractivity contribution in [2.45, 2.75) is 6.92 Å². The first kappa shape index (κ1) is 7.78. The summed E-state index contributed by atoms with van der Waals surface area (Å²) in [6, 6.07) is 0. The van der Waals surface area contributed by atoms with Gasteiger partial charge in [0, 0.05) is 11.8 Å². The summed E-state index contributed by atoms with van der Waals surface area (Å²) in [5.41, 5.74) is 1.55. The Morgan fingerprint density at radius 2 is 2.42 bits per heavy atom. The van der Waals surface area contributed by atoms with E-state index in [0.717, 1.165) is 14.9 Å². The van der Waals surface area contributed by atoms with Gasteiger partial charge in [0.2, 0.25) is 0 Å². The van der Waals surface area contributed by atoms with Crippen LogP contribution >= 0.6 is 22.6 Å². The zero-order chi connectivity index (χ0) is 8.72. The summed E-state index contributed by atoms with van der Waals surface area (Å²) in [6.07, 6.45) is 3.35. The van der Waals surface area contributed by atoms with E-state index in [1.807, 2.05) is 6.92 Å². The molecular formula is C7H6IN3O. The fourth-order valence-electron chi connectivity index (χ4n) is 1.10. The number of hydrogen-bond acceptors (Lipinski definition) is 2. The first-order valence-corrected chi connectivity index (χ1v) is 4.49. The molecule has 0 aromatic carbocycles. The van der Waals surface area contributed by atoms with Crippen molar-refractivity contribution in [3.8, 4) is 0 Å². The number of rotatable bonds is 0. The number of nitrogens with zero attached hydrogens (tertiary/aromatic N) is 2. The molecule has 0 amide bonds. The Hall–Kier alpha value is -0.850. The van der Waals surface area contributed by atoms with Gasteiger partial charge in [-0.25, -0.2) is 14.2 Å². The third-order valence-electron chi connectivity index (χ3n) is 1.69. The lowest BCUT2D eigenvalue weighted by Gasteiger charge is -1.95. The van der Waals surface area contributed by atoms with Crippen molar-refractivity contribution in [1.29, 1.82) is 0 Å². The van der Waals surface area contributed by atoms with E-state index < -0.39 is 0 Å². The van der Waals surface area contributed by atoms with Gasteiger partial charge >= 0.3 is 5.69 Å². The van der Waals surface area contributed by atoms with Crippen molar-refractivity contribution < 1.29 is 0 Å². The fraction of sp³-hybridized carbons (Fsp3) is 0.143. The lowest BCUT2D eigenvalue weighted by Crippen LogP contribution is -2.17. The summed E-state index contributed by atoms with van der Waals surface area (Å²) >= 11 is 2.08. The second kappa shape index (κ2) is 2.58. The quantitative estimate of drug-likeness (QED) is 0.727. The minimum absolute atomic E-state index is 0.141. The zero-order valence-corrected chi connectivity index (χ0v) is 8.49. The van der Waals surface area contributed by atoms with E-state index in [0.29, 0.717) is 0 Å². The molecule has 0 radical (unpaired) electrons. The van der Waals surface area contributed by atoms with E-state index in [1.54, 1.807) is 16.8 Å². The second-order valence-corrected chi connectivity index (χ2v) is 3.62. The van der Waals surface area contributed by atoms with Crippen molar-refractivity contribution in [2.24, 2.45) is 0 Å². The fourth-order valence-corrected chi connectivity index (χ4v) is 1.69. The van der Waals surface area contributed by atoms with E-state index >= 15 is 0 Å². The SMILES string of the molecule is Cc1c[nH]c(=O)n2c(I)cnc12. The van der Waals surface area contributed by atoms with Gasteiger partial charge in [0.1, 0.15) is 9.35 Å². The molecule has 0 unspecified atom stereocenters. The van der Waals surface area contributed by atoms with E-state index in [2.05, 4.69) is 32.6 Å². The average molecular weight is 275 g/mol. The molecule has 0 saturated carbocycles. The highest BCUT2D eigenvalue weighted by Gasteiger charge is 2.04. The highest BCUT2D eigenvalue weighted by atomic mass is 127. The van der Waals surface area contributed by atoms with Crippen LogP contribution in [0.2, 0.25) is 0 Å². The van der Waals surface area contributed by atoms with Gasteiger partial charge in [-0.3, -0.25) is 0 Å². The summed E-state index contributed by atoms with van der Waals surface area (Å²) in [5.74, 6) is 0. The molecule has 62 valence electrons. The van der Waals surface area contributed by atoms with Gasteiger partial charge in [-0.15, -0.1) is 0 Å². The van der Waals surface area contributed by atoms with E-state index in [9.17, 15) is 4.79 Å². The molecule has 12 heavy (non-hydrogen) atoms. The molecule has 0 aliphatic heterocycles. The van der Waals surface area contributed by atoms with E-state index in [4.69, 9.17) is 0 Å². The van der Waals surface area contributed by atoms with Crippen LogP contribution in [0.15, 0.2) is 17.2 Å². The number of aryl methyl sites for hydroxylation is 1.